The van der Waals surface area contributed by atoms with Crippen molar-refractivity contribution >= 4 is 17.5 Å². The standard InChI is InChI=1S/C27H27N3O5/c1-16-8-6-7-9-23(16)30-26(28-22-13-11-18(33-3)14-21(22)27(31)32)25(17(2)29-30)20-12-10-19(34-4)15-24(20)35-5/h6-15,28H,1-5H3,(H,31,32). The Morgan fingerprint density at radius 3 is 2.26 bits per heavy atom. The summed E-state index contributed by atoms with van der Waals surface area (Å²) in [7, 11) is 4.69. The van der Waals surface area contributed by atoms with Gasteiger partial charge in [0.1, 0.15) is 23.1 Å². The molecule has 0 atom stereocenters. The van der Waals surface area contributed by atoms with Gasteiger partial charge in [0, 0.05) is 11.6 Å². The third-order valence-corrected chi connectivity index (χ3v) is 5.79. The normalized spacial score (nSPS) is 10.7. The number of hydrogen-bond donors (Lipinski definition) is 2. The van der Waals surface area contributed by atoms with Crippen LogP contribution in [0.15, 0.2) is 60.7 Å². The van der Waals surface area contributed by atoms with Crippen LogP contribution in [-0.4, -0.2) is 42.2 Å². The third kappa shape index (κ3) is 4.50. The van der Waals surface area contributed by atoms with Crippen molar-refractivity contribution in [3.05, 3.63) is 77.5 Å². The molecule has 0 aliphatic heterocycles. The molecule has 0 radical (unpaired) electrons. The number of aromatic nitrogens is 2. The molecular formula is C27H27N3O5. The second-order valence-electron chi connectivity index (χ2n) is 7.92. The van der Waals surface area contributed by atoms with Crippen molar-refractivity contribution in [2.24, 2.45) is 0 Å². The average Bonchev–Trinajstić information content (AvgIpc) is 3.18. The molecule has 0 saturated carbocycles. The Bertz CT molecular complexity index is 1390. The molecule has 0 aliphatic rings. The summed E-state index contributed by atoms with van der Waals surface area (Å²) in [6.07, 6.45) is 0. The summed E-state index contributed by atoms with van der Waals surface area (Å²) in [6, 6.07) is 18.3. The Morgan fingerprint density at radius 2 is 1.60 bits per heavy atom. The smallest absolute Gasteiger partial charge is 0.337 e. The highest BCUT2D eigenvalue weighted by molar-refractivity contribution is 5.97. The second-order valence-corrected chi connectivity index (χ2v) is 7.92. The minimum Gasteiger partial charge on any atom is -0.497 e. The van der Waals surface area contributed by atoms with Gasteiger partial charge in [-0.05, 0) is 55.8 Å². The van der Waals surface area contributed by atoms with Crippen LogP contribution in [0.5, 0.6) is 17.2 Å². The molecular weight excluding hydrogens is 446 g/mol. The van der Waals surface area contributed by atoms with Crippen LogP contribution >= 0.6 is 0 Å². The first-order valence-corrected chi connectivity index (χ1v) is 10.9. The number of rotatable bonds is 8. The van der Waals surface area contributed by atoms with Crippen LogP contribution in [0.3, 0.4) is 0 Å². The first-order valence-electron chi connectivity index (χ1n) is 10.9. The lowest BCUT2D eigenvalue weighted by atomic mass is 10.0. The zero-order valence-electron chi connectivity index (χ0n) is 20.2. The van der Waals surface area contributed by atoms with Gasteiger partial charge in [-0.25, -0.2) is 9.48 Å². The van der Waals surface area contributed by atoms with Gasteiger partial charge in [-0.15, -0.1) is 0 Å². The van der Waals surface area contributed by atoms with E-state index in [0.717, 1.165) is 28.1 Å². The molecule has 8 nitrogen and oxygen atoms in total. The largest absolute Gasteiger partial charge is 0.497 e. The number of nitrogens with zero attached hydrogens (tertiary/aromatic N) is 2. The molecule has 0 unspecified atom stereocenters. The van der Waals surface area contributed by atoms with Crippen LogP contribution in [0.25, 0.3) is 16.8 Å². The van der Waals surface area contributed by atoms with Crippen molar-refractivity contribution in [2.45, 2.75) is 13.8 Å². The monoisotopic (exact) mass is 473 g/mol. The average molecular weight is 474 g/mol. The van der Waals surface area contributed by atoms with Gasteiger partial charge in [0.15, 0.2) is 0 Å². The van der Waals surface area contributed by atoms with Gasteiger partial charge in [0.25, 0.3) is 0 Å². The maximum absolute atomic E-state index is 12.1. The van der Waals surface area contributed by atoms with E-state index in [1.165, 1.54) is 13.2 Å². The lowest BCUT2D eigenvalue weighted by molar-refractivity contribution is 0.0697. The molecule has 0 bridgehead atoms. The van der Waals surface area contributed by atoms with Crippen molar-refractivity contribution in [1.82, 2.24) is 9.78 Å². The topological polar surface area (TPSA) is 94.8 Å². The molecule has 35 heavy (non-hydrogen) atoms. The third-order valence-electron chi connectivity index (χ3n) is 5.79. The Labute approximate surface area is 203 Å². The van der Waals surface area contributed by atoms with Crippen molar-refractivity contribution in [3.63, 3.8) is 0 Å². The van der Waals surface area contributed by atoms with E-state index in [0.29, 0.717) is 28.8 Å². The van der Waals surface area contributed by atoms with Crippen LogP contribution in [0.4, 0.5) is 11.5 Å². The van der Waals surface area contributed by atoms with E-state index in [1.54, 1.807) is 37.1 Å². The van der Waals surface area contributed by atoms with Gasteiger partial charge >= 0.3 is 5.97 Å². The van der Waals surface area contributed by atoms with E-state index in [-0.39, 0.29) is 5.56 Å². The molecule has 4 rings (SSSR count). The molecule has 2 N–H and O–H groups in total. The van der Waals surface area contributed by atoms with Gasteiger partial charge in [-0.3, -0.25) is 0 Å². The summed E-state index contributed by atoms with van der Waals surface area (Å²) in [6.45, 7) is 3.91. The highest BCUT2D eigenvalue weighted by Gasteiger charge is 2.24. The quantitative estimate of drug-likeness (QED) is 0.343. The molecule has 4 aromatic rings. The Kier molecular flexibility index (Phi) is 6.64. The number of aromatic carboxylic acids is 1. The van der Waals surface area contributed by atoms with Crippen LogP contribution < -0.4 is 19.5 Å². The van der Waals surface area contributed by atoms with Crippen LogP contribution in [0.2, 0.25) is 0 Å². The van der Waals surface area contributed by atoms with Crippen LogP contribution in [-0.2, 0) is 0 Å². The minimum atomic E-state index is -1.08. The Hall–Kier alpha value is -4.46. The summed E-state index contributed by atoms with van der Waals surface area (Å²) < 4.78 is 18.1. The van der Waals surface area contributed by atoms with E-state index >= 15 is 0 Å². The minimum absolute atomic E-state index is 0.0761. The molecule has 8 heteroatoms. The van der Waals surface area contributed by atoms with Crippen molar-refractivity contribution in [2.75, 3.05) is 26.6 Å². The molecule has 180 valence electrons. The number of methoxy groups -OCH3 is 3. The highest BCUT2D eigenvalue weighted by atomic mass is 16.5. The second kappa shape index (κ2) is 9.80. The lowest BCUT2D eigenvalue weighted by Gasteiger charge is -2.17. The summed E-state index contributed by atoms with van der Waals surface area (Å²) in [5.74, 6) is 1.25. The SMILES string of the molecule is COc1ccc(-c2c(C)nn(-c3ccccc3C)c2Nc2ccc(OC)cc2C(=O)O)c(OC)c1. The first kappa shape index (κ1) is 23.7. The maximum atomic E-state index is 12.1. The van der Waals surface area contributed by atoms with E-state index in [4.69, 9.17) is 19.3 Å². The van der Waals surface area contributed by atoms with Gasteiger partial charge < -0.3 is 24.6 Å². The number of benzene rings is 3. The number of ether oxygens (including phenoxy) is 3. The number of nitrogens with one attached hydrogen (secondary N) is 1. The van der Waals surface area contributed by atoms with E-state index in [9.17, 15) is 9.90 Å². The van der Waals surface area contributed by atoms with Crippen LogP contribution in [0, 0.1) is 13.8 Å². The zero-order valence-corrected chi connectivity index (χ0v) is 20.2. The van der Waals surface area contributed by atoms with E-state index < -0.39 is 5.97 Å². The highest BCUT2D eigenvalue weighted by Crippen LogP contribution is 2.42. The predicted molar refractivity (Wildman–Crippen MR) is 135 cm³/mol. The van der Waals surface area contributed by atoms with Crippen LogP contribution in [0.1, 0.15) is 21.6 Å². The number of carboxylic acids is 1. The fourth-order valence-corrected chi connectivity index (χ4v) is 4.01. The number of anilines is 2. The van der Waals surface area contributed by atoms with Crippen molar-refractivity contribution < 1.29 is 24.1 Å². The number of aryl methyl sites for hydroxylation is 2. The van der Waals surface area contributed by atoms with E-state index in [1.807, 2.05) is 50.2 Å². The summed E-state index contributed by atoms with van der Waals surface area (Å²) in [4.78, 5) is 12.1. The number of hydrogen-bond acceptors (Lipinski definition) is 6. The predicted octanol–water partition coefficient (Wildman–Crippen LogP) is 5.62. The van der Waals surface area contributed by atoms with E-state index in [2.05, 4.69) is 5.32 Å². The first-order chi connectivity index (χ1) is 16.9. The maximum Gasteiger partial charge on any atom is 0.337 e. The summed E-state index contributed by atoms with van der Waals surface area (Å²) in [5, 5.41) is 18.1. The fraction of sp³-hybridized carbons (Fsp3) is 0.185. The van der Waals surface area contributed by atoms with Gasteiger partial charge in [-0.1, -0.05) is 18.2 Å². The Morgan fingerprint density at radius 1 is 0.914 bits per heavy atom. The Balaban J connectivity index is 1.99. The summed E-state index contributed by atoms with van der Waals surface area (Å²) >= 11 is 0. The van der Waals surface area contributed by atoms with Gasteiger partial charge in [0.05, 0.1) is 49.5 Å². The number of carbonyl (C=O) groups is 1. The lowest BCUT2D eigenvalue weighted by Crippen LogP contribution is -2.08. The number of para-hydroxylation sites is 1. The molecule has 1 aromatic heterocycles. The van der Waals surface area contributed by atoms with Crippen molar-refractivity contribution in [1.29, 1.82) is 0 Å². The van der Waals surface area contributed by atoms with Crippen molar-refractivity contribution in [3.8, 4) is 34.1 Å². The molecule has 1 heterocycles. The van der Waals surface area contributed by atoms with Gasteiger partial charge in [0.2, 0.25) is 0 Å². The molecule has 0 fully saturated rings. The molecule has 3 aromatic carbocycles. The fourth-order valence-electron chi connectivity index (χ4n) is 4.01. The molecule has 0 amide bonds. The molecule has 0 saturated heterocycles. The molecule has 0 spiro atoms. The zero-order chi connectivity index (χ0) is 25.1. The number of carboxylic acid groups (broad SMARTS) is 1. The molecule has 0 aliphatic carbocycles. The summed E-state index contributed by atoms with van der Waals surface area (Å²) in [5.41, 5.74) is 4.67. The van der Waals surface area contributed by atoms with Gasteiger partial charge in [-0.2, -0.15) is 5.10 Å².